The lowest BCUT2D eigenvalue weighted by Gasteiger charge is -2.13. The van der Waals surface area contributed by atoms with Crippen molar-refractivity contribution in [3.8, 4) is 0 Å². The van der Waals surface area contributed by atoms with Gasteiger partial charge in [0.25, 0.3) is 0 Å². The van der Waals surface area contributed by atoms with Crippen LogP contribution < -0.4 is 5.32 Å². The van der Waals surface area contributed by atoms with Crippen molar-refractivity contribution in [2.45, 2.75) is 12.1 Å². The molecule has 1 aliphatic heterocycles. The molecule has 14 heavy (non-hydrogen) atoms. The van der Waals surface area contributed by atoms with Crippen LogP contribution in [0.1, 0.15) is 11.7 Å². The fourth-order valence-electron chi connectivity index (χ4n) is 1.58. The summed E-state index contributed by atoms with van der Waals surface area (Å²) < 4.78 is 5.32. The lowest BCUT2D eigenvalue weighted by Crippen LogP contribution is -2.34. The highest BCUT2D eigenvalue weighted by atomic mass is 16.5. The van der Waals surface area contributed by atoms with Gasteiger partial charge < -0.3 is 9.84 Å². The van der Waals surface area contributed by atoms with Crippen LogP contribution >= 0.6 is 0 Å². The van der Waals surface area contributed by atoms with Gasteiger partial charge in [-0.1, -0.05) is 30.3 Å². The van der Waals surface area contributed by atoms with E-state index in [-0.39, 0.29) is 12.8 Å². The quantitative estimate of drug-likeness (QED) is 0.728. The lowest BCUT2D eigenvalue weighted by molar-refractivity contribution is -0.140. The summed E-state index contributed by atoms with van der Waals surface area (Å²) in [5, 5.41) is 11.7. The van der Waals surface area contributed by atoms with Crippen molar-refractivity contribution in [2.75, 3.05) is 6.73 Å². The smallest absolute Gasteiger partial charge is 0.323 e. The van der Waals surface area contributed by atoms with E-state index in [9.17, 15) is 4.79 Å². The highest BCUT2D eigenvalue weighted by molar-refractivity contribution is 5.75. The standard InChI is InChI=1S/C10H11NO3/c12-10(13)8-9(14-6-11-8)7-4-2-1-3-5-7/h1-5,8-9,11H,6H2,(H,12,13). The summed E-state index contributed by atoms with van der Waals surface area (Å²) in [6.45, 7) is 0.288. The van der Waals surface area contributed by atoms with Gasteiger partial charge in [-0.2, -0.15) is 0 Å². The maximum atomic E-state index is 10.8. The Morgan fingerprint density at radius 3 is 2.79 bits per heavy atom. The Morgan fingerprint density at radius 1 is 1.43 bits per heavy atom. The molecule has 1 aromatic rings. The molecular formula is C10H11NO3. The highest BCUT2D eigenvalue weighted by Gasteiger charge is 2.34. The van der Waals surface area contributed by atoms with Crippen LogP contribution in [0.25, 0.3) is 0 Å². The third kappa shape index (κ3) is 1.62. The molecular weight excluding hydrogens is 182 g/mol. The van der Waals surface area contributed by atoms with E-state index in [1.807, 2.05) is 30.3 Å². The Balaban J connectivity index is 2.22. The monoisotopic (exact) mass is 193 g/mol. The number of benzene rings is 1. The largest absolute Gasteiger partial charge is 0.480 e. The fourth-order valence-corrected chi connectivity index (χ4v) is 1.58. The van der Waals surface area contributed by atoms with E-state index in [0.717, 1.165) is 5.56 Å². The second-order valence-electron chi connectivity index (χ2n) is 3.16. The Morgan fingerprint density at radius 2 is 2.14 bits per heavy atom. The normalized spacial score (nSPS) is 26.3. The number of carboxylic acids is 1. The van der Waals surface area contributed by atoms with Gasteiger partial charge in [0.1, 0.15) is 12.1 Å². The van der Waals surface area contributed by atoms with Crippen LogP contribution in [0.3, 0.4) is 0 Å². The molecule has 2 atom stereocenters. The first kappa shape index (κ1) is 9.18. The predicted octanol–water partition coefficient (Wildman–Crippen LogP) is 0.758. The second-order valence-corrected chi connectivity index (χ2v) is 3.16. The van der Waals surface area contributed by atoms with Crippen molar-refractivity contribution in [3.63, 3.8) is 0 Å². The van der Waals surface area contributed by atoms with Crippen LogP contribution in [0, 0.1) is 0 Å². The van der Waals surface area contributed by atoms with Crippen LogP contribution in [-0.4, -0.2) is 23.8 Å². The van der Waals surface area contributed by atoms with E-state index in [1.54, 1.807) is 0 Å². The number of carbonyl (C=O) groups is 1. The molecule has 2 N–H and O–H groups in total. The minimum Gasteiger partial charge on any atom is -0.480 e. The number of carboxylic acid groups (broad SMARTS) is 1. The maximum absolute atomic E-state index is 10.8. The molecule has 74 valence electrons. The van der Waals surface area contributed by atoms with Gasteiger partial charge in [-0.05, 0) is 5.56 Å². The van der Waals surface area contributed by atoms with E-state index in [2.05, 4.69) is 5.32 Å². The van der Waals surface area contributed by atoms with Gasteiger partial charge in [0.15, 0.2) is 0 Å². The topological polar surface area (TPSA) is 58.6 Å². The van der Waals surface area contributed by atoms with Crippen molar-refractivity contribution in [2.24, 2.45) is 0 Å². The first-order valence-electron chi connectivity index (χ1n) is 4.42. The Bertz CT molecular complexity index is 325. The van der Waals surface area contributed by atoms with Gasteiger partial charge in [-0.25, -0.2) is 0 Å². The van der Waals surface area contributed by atoms with Gasteiger partial charge >= 0.3 is 5.97 Å². The van der Waals surface area contributed by atoms with Gasteiger partial charge in [0, 0.05) is 0 Å². The number of aliphatic carboxylic acids is 1. The summed E-state index contributed by atoms with van der Waals surface area (Å²) in [6, 6.07) is 8.73. The number of hydrogen-bond donors (Lipinski definition) is 2. The number of ether oxygens (including phenoxy) is 1. The third-order valence-electron chi connectivity index (χ3n) is 2.26. The molecule has 2 rings (SSSR count). The van der Waals surface area contributed by atoms with Crippen LogP contribution in [0.15, 0.2) is 30.3 Å². The minimum absolute atomic E-state index is 0.288. The molecule has 0 saturated carbocycles. The molecule has 4 nitrogen and oxygen atoms in total. The van der Waals surface area contributed by atoms with Crippen LogP contribution in [0.5, 0.6) is 0 Å². The Labute approximate surface area is 81.5 Å². The summed E-state index contributed by atoms with van der Waals surface area (Å²) in [7, 11) is 0. The zero-order chi connectivity index (χ0) is 9.97. The van der Waals surface area contributed by atoms with Gasteiger partial charge in [0.2, 0.25) is 0 Å². The van der Waals surface area contributed by atoms with Crippen molar-refractivity contribution < 1.29 is 14.6 Å². The number of hydrogen-bond acceptors (Lipinski definition) is 3. The minimum atomic E-state index is -0.878. The van der Waals surface area contributed by atoms with Gasteiger partial charge in [-0.15, -0.1) is 0 Å². The predicted molar refractivity (Wildman–Crippen MR) is 49.7 cm³/mol. The number of nitrogens with one attached hydrogen (secondary N) is 1. The summed E-state index contributed by atoms with van der Waals surface area (Å²) in [5.41, 5.74) is 0.893. The summed E-state index contributed by atoms with van der Waals surface area (Å²) in [5.74, 6) is -0.878. The molecule has 0 spiro atoms. The zero-order valence-corrected chi connectivity index (χ0v) is 7.51. The molecule has 1 aliphatic rings. The zero-order valence-electron chi connectivity index (χ0n) is 7.51. The molecule has 1 saturated heterocycles. The first-order chi connectivity index (χ1) is 6.79. The van der Waals surface area contributed by atoms with Crippen molar-refractivity contribution >= 4 is 5.97 Å². The molecule has 4 heteroatoms. The van der Waals surface area contributed by atoms with Gasteiger partial charge in [0.05, 0.1) is 6.73 Å². The SMILES string of the molecule is O=C(O)C1NCOC1c1ccccc1. The van der Waals surface area contributed by atoms with Gasteiger partial charge in [-0.3, -0.25) is 10.1 Å². The molecule has 0 bridgehead atoms. The molecule has 0 aromatic heterocycles. The Kier molecular flexibility index (Phi) is 2.47. The average Bonchev–Trinajstić information content (AvgIpc) is 2.67. The van der Waals surface area contributed by atoms with E-state index in [4.69, 9.17) is 9.84 Å². The number of rotatable bonds is 2. The highest BCUT2D eigenvalue weighted by Crippen LogP contribution is 2.24. The first-order valence-corrected chi connectivity index (χ1v) is 4.42. The van der Waals surface area contributed by atoms with Crippen LogP contribution in [0.4, 0.5) is 0 Å². The van der Waals surface area contributed by atoms with E-state index < -0.39 is 12.0 Å². The average molecular weight is 193 g/mol. The molecule has 0 amide bonds. The van der Waals surface area contributed by atoms with Crippen LogP contribution in [-0.2, 0) is 9.53 Å². The molecule has 0 aliphatic carbocycles. The molecule has 1 fully saturated rings. The van der Waals surface area contributed by atoms with Crippen molar-refractivity contribution in [3.05, 3.63) is 35.9 Å². The third-order valence-corrected chi connectivity index (χ3v) is 2.26. The fraction of sp³-hybridized carbons (Fsp3) is 0.300. The molecule has 1 heterocycles. The Hall–Kier alpha value is -1.39. The lowest BCUT2D eigenvalue weighted by atomic mass is 10.0. The molecule has 2 unspecified atom stereocenters. The summed E-state index contributed by atoms with van der Waals surface area (Å²) >= 11 is 0. The molecule has 0 radical (unpaired) electrons. The van der Waals surface area contributed by atoms with E-state index in [0.29, 0.717) is 0 Å². The van der Waals surface area contributed by atoms with Crippen molar-refractivity contribution in [1.82, 2.24) is 5.32 Å². The second kappa shape index (κ2) is 3.77. The summed E-state index contributed by atoms with van der Waals surface area (Å²) in [4.78, 5) is 10.8. The molecule has 1 aromatic carbocycles. The van der Waals surface area contributed by atoms with Crippen LogP contribution in [0.2, 0.25) is 0 Å². The van der Waals surface area contributed by atoms with E-state index in [1.165, 1.54) is 0 Å². The summed E-state index contributed by atoms with van der Waals surface area (Å²) in [6.07, 6.45) is -0.381. The van der Waals surface area contributed by atoms with Crippen molar-refractivity contribution in [1.29, 1.82) is 0 Å². The van der Waals surface area contributed by atoms with E-state index >= 15 is 0 Å². The maximum Gasteiger partial charge on any atom is 0.323 e.